The summed E-state index contributed by atoms with van der Waals surface area (Å²) >= 11 is 1.82. The molecule has 0 aromatic rings. The Morgan fingerprint density at radius 2 is 2.15 bits per heavy atom. The molecule has 0 radical (unpaired) electrons. The van der Waals surface area contributed by atoms with E-state index in [1.165, 1.54) is 11.0 Å². The monoisotopic (exact) mass is 300 g/mol. The molecule has 0 aliphatic heterocycles. The van der Waals surface area contributed by atoms with E-state index in [2.05, 4.69) is 4.74 Å². The molecule has 13 heavy (non-hydrogen) atoms. The van der Waals surface area contributed by atoms with E-state index in [4.69, 9.17) is 5.11 Å². The van der Waals surface area contributed by atoms with Crippen LogP contribution < -0.4 is 0 Å². The number of esters is 1. The largest absolute Gasteiger partial charge is 0.463 e. The third-order valence-electron chi connectivity index (χ3n) is 1.40. The van der Waals surface area contributed by atoms with Crippen molar-refractivity contribution < 1.29 is 19.7 Å². The van der Waals surface area contributed by atoms with Crippen molar-refractivity contribution in [1.82, 2.24) is 0 Å². The van der Waals surface area contributed by atoms with Crippen LogP contribution in [0.4, 0.5) is 0 Å². The number of hydrogen-bond donors (Lipinski definition) is 2. The second-order valence-electron chi connectivity index (χ2n) is 2.47. The lowest BCUT2D eigenvalue weighted by Crippen LogP contribution is -2.29. The number of halogens is 1. The molecule has 0 fully saturated rings. The van der Waals surface area contributed by atoms with Crippen LogP contribution in [0.3, 0.4) is 0 Å². The first-order valence-corrected chi connectivity index (χ1v) is 5.12. The van der Waals surface area contributed by atoms with E-state index in [0.717, 1.165) is 0 Å². The van der Waals surface area contributed by atoms with Crippen molar-refractivity contribution in [3.05, 3.63) is 9.66 Å². The standard InChI is InChI=1S/C8H13IO4/c1-3-13-8(12)6(4-9)7(11)5(2)10/h4-5,7,10-11H,3H2,1-2H3/b6-4-/t5-,7-/m0/s1. The van der Waals surface area contributed by atoms with Crippen LogP contribution in [0.5, 0.6) is 0 Å². The molecule has 0 unspecified atom stereocenters. The average molecular weight is 300 g/mol. The van der Waals surface area contributed by atoms with Crippen molar-refractivity contribution in [3.8, 4) is 0 Å². The van der Waals surface area contributed by atoms with E-state index in [1.54, 1.807) is 6.92 Å². The fourth-order valence-corrected chi connectivity index (χ4v) is 1.33. The van der Waals surface area contributed by atoms with Gasteiger partial charge in [0.15, 0.2) is 0 Å². The van der Waals surface area contributed by atoms with Crippen LogP contribution in [0, 0.1) is 0 Å². The van der Waals surface area contributed by atoms with Crippen LogP contribution in [-0.4, -0.2) is 35.0 Å². The van der Waals surface area contributed by atoms with Gasteiger partial charge in [0, 0.05) is 0 Å². The lowest BCUT2D eigenvalue weighted by atomic mass is 10.1. The van der Waals surface area contributed by atoms with Crippen LogP contribution >= 0.6 is 22.6 Å². The molecule has 5 heteroatoms. The van der Waals surface area contributed by atoms with Crippen LogP contribution in [0.2, 0.25) is 0 Å². The summed E-state index contributed by atoms with van der Waals surface area (Å²) in [6, 6.07) is 0. The van der Waals surface area contributed by atoms with Gasteiger partial charge in [0.2, 0.25) is 0 Å². The maximum Gasteiger partial charge on any atom is 0.337 e. The molecule has 2 atom stereocenters. The molecule has 0 amide bonds. The number of carbonyl (C=O) groups excluding carboxylic acids is 1. The number of aliphatic hydroxyl groups excluding tert-OH is 2. The summed E-state index contributed by atoms with van der Waals surface area (Å²) in [6.45, 7) is 3.33. The Morgan fingerprint density at radius 1 is 1.62 bits per heavy atom. The van der Waals surface area contributed by atoms with Gasteiger partial charge < -0.3 is 14.9 Å². The smallest absolute Gasteiger partial charge is 0.337 e. The lowest BCUT2D eigenvalue weighted by molar-refractivity contribution is -0.140. The molecule has 0 aliphatic carbocycles. The minimum atomic E-state index is -1.18. The highest BCUT2D eigenvalue weighted by atomic mass is 127. The molecule has 0 aromatic heterocycles. The van der Waals surface area contributed by atoms with Gasteiger partial charge in [-0.1, -0.05) is 22.6 Å². The van der Waals surface area contributed by atoms with E-state index in [1.807, 2.05) is 22.6 Å². The second-order valence-corrected chi connectivity index (χ2v) is 3.09. The molecule has 0 rings (SSSR count). The van der Waals surface area contributed by atoms with E-state index >= 15 is 0 Å². The van der Waals surface area contributed by atoms with Gasteiger partial charge in [0.05, 0.1) is 18.3 Å². The van der Waals surface area contributed by atoms with Crippen LogP contribution in [0.1, 0.15) is 13.8 Å². The Balaban J connectivity index is 4.44. The number of ether oxygens (including phenoxy) is 1. The first-order valence-electron chi connectivity index (χ1n) is 3.88. The molecule has 4 nitrogen and oxygen atoms in total. The highest BCUT2D eigenvalue weighted by molar-refractivity contribution is 14.1. The molecular formula is C8H13IO4. The maximum atomic E-state index is 11.2. The predicted molar refractivity (Wildman–Crippen MR) is 56.4 cm³/mol. The highest BCUT2D eigenvalue weighted by Crippen LogP contribution is 2.11. The van der Waals surface area contributed by atoms with Gasteiger partial charge >= 0.3 is 5.97 Å². The topological polar surface area (TPSA) is 66.8 Å². The zero-order valence-corrected chi connectivity index (χ0v) is 9.69. The molecule has 0 aromatic carbocycles. The van der Waals surface area contributed by atoms with Gasteiger partial charge in [-0.05, 0) is 17.9 Å². The molecule has 0 heterocycles. The van der Waals surface area contributed by atoms with Crippen molar-refractivity contribution >= 4 is 28.6 Å². The van der Waals surface area contributed by atoms with Gasteiger partial charge in [-0.2, -0.15) is 0 Å². The third-order valence-corrected chi connectivity index (χ3v) is 2.08. The Kier molecular flexibility index (Phi) is 6.27. The number of hydrogen-bond acceptors (Lipinski definition) is 4. The van der Waals surface area contributed by atoms with Crippen molar-refractivity contribution in [2.24, 2.45) is 0 Å². The first-order chi connectivity index (χ1) is 6.04. The molecule has 0 saturated heterocycles. The SMILES string of the molecule is CCOC(=O)/C(=C\I)[C@@H](O)[C@H](C)O. The van der Waals surface area contributed by atoms with Gasteiger partial charge in [0.25, 0.3) is 0 Å². The Bertz CT molecular complexity index is 200. The van der Waals surface area contributed by atoms with Crippen molar-refractivity contribution in [1.29, 1.82) is 0 Å². The van der Waals surface area contributed by atoms with Crippen molar-refractivity contribution in [2.75, 3.05) is 6.61 Å². The minimum absolute atomic E-state index is 0.0810. The number of rotatable bonds is 4. The van der Waals surface area contributed by atoms with Crippen molar-refractivity contribution in [2.45, 2.75) is 26.1 Å². The minimum Gasteiger partial charge on any atom is -0.463 e. The number of carbonyl (C=O) groups is 1. The summed E-state index contributed by atoms with van der Waals surface area (Å²) in [5, 5.41) is 18.4. The highest BCUT2D eigenvalue weighted by Gasteiger charge is 2.23. The Hall–Kier alpha value is -0.140. The van der Waals surface area contributed by atoms with Crippen LogP contribution in [-0.2, 0) is 9.53 Å². The summed E-state index contributed by atoms with van der Waals surface area (Å²) in [7, 11) is 0. The molecule has 0 spiro atoms. The fourth-order valence-electron chi connectivity index (χ4n) is 0.704. The molecule has 0 aliphatic rings. The zero-order chi connectivity index (χ0) is 10.4. The summed E-state index contributed by atoms with van der Waals surface area (Å²) in [6.07, 6.45) is -2.17. The summed E-state index contributed by atoms with van der Waals surface area (Å²) < 4.78 is 6.09. The Labute approximate surface area is 90.7 Å². The van der Waals surface area contributed by atoms with E-state index in [-0.39, 0.29) is 12.2 Å². The number of aliphatic hydroxyl groups is 2. The van der Waals surface area contributed by atoms with Gasteiger partial charge in [-0.25, -0.2) is 4.79 Å². The van der Waals surface area contributed by atoms with E-state index in [9.17, 15) is 9.90 Å². The Morgan fingerprint density at radius 3 is 2.46 bits per heavy atom. The molecule has 2 N–H and O–H groups in total. The second kappa shape index (κ2) is 6.33. The van der Waals surface area contributed by atoms with E-state index < -0.39 is 18.2 Å². The van der Waals surface area contributed by atoms with Gasteiger partial charge in [-0.15, -0.1) is 0 Å². The van der Waals surface area contributed by atoms with Crippen molar-refractivity contribution in [3.63, 3.8) is 0 Å². The normalized spacial score (nSPS) is 16.5. The zero-order valence-electron chi connectivity index (χ0n) is 7.53. The predicted octanol–water partition coefficient (Wildman–Crippen LogP) is 0.610. The van der Waals surface area contributed by atoms with Gasteiger partial charge in [0.1, 0.15) is 6.10 Å². The third kappa shape index (κ3) is 4.06. The van der Waals surface area contributed by atoms with E-state index in [0.29, 0.717) is 0 Å². The quantitative estimate of drug-likeness (QED) is 0.453. The average Bonchev–Trinajstić information content (AvgIpc) is 2.05. The maximum absolute atomic E-state index is 11.2. The van der Waals surface area contributed by atoms with Crippen LogP contribution in [0.25, 0.3) is 0 Å². The molecular weight excluding hydrogens is 287 g/mol. The summed E-state index contributed by atoms with van der Waals surface area (Å²) in [5.74, 6) is -0.592. The first kappa shape index (κ1) is 12.9. The molecule has 0 saturated carbocycles. The lowest BCUT2D eigenvalue weighted by Gasteiger charge is -2.15. The summed E-state index contributed by atoms with van der Waals surface area (Å²) in [4.78, 5) is 11.2. The van der Waals surface area contributed by atoms with Crippen LogP contribution in [0.15, 0.2) is 9.66 Å². The molecule has 0 bridgehead atoms. The fraction of sp³-hybridized carbons (Fsp3) is 0.625. The summed E-state index contributed by atoms with van der Waals surface area (Å²) in [5.41, 5.74) is 0.0810. The molecule has 76 valence electrons. The van der Waals surface area contributed by atoms with Gasteiger partial charge in [-0.3, -0.25) is 0 Å².